The van der Waals surface area contributed by atoms with Gasteiger partial charge in [0.1, 0.15) is 6.54 Å². The van der Waals surface area contributed by atoms with Crippen LogP contribution in [0.1, 0.15) is 21.7 Å². The van der Waals surface area contributed by atoms with E-state index in [-0.39, 0.29) is 11.4 Å². The number of halogens is 5. The Kier molecular flexibility index (Phi) is 4.57. The lowest BCUT2D eigenvalue weighted by atomic mass is 10.2. The van der Waals surface area contributed by atoms with Crippen LogP contribution in [-0.2, 0) is 12.7 Å². The van der Waals surface area contributed by atoms with Gasteiger partial charge in [-0.15, -0.1) is 5.10 Å². The summed E-state index contributed by atoms with van der Waals surface area (Å²) < 4.78 is 64.1. The fourth-order valence-electron chi connectivity index (χ4n) is 1.79. The van der Waals surface area contributed by atoms with E-state index in [4.69, 9.17) is 0 Å². The number of aromatic nitrogens is 4. The zero-order valence-electron chi connectivity index (χ0n) is 11.6. The van der Waals surface area contributed by atoms with E-state index in [0.717, 1.165) is 17.1 Å². The first-order chi connectivity index (χ1) is 10.7. The molecule has 2 aromatic heterocycles. The fourth-order valence-corrected chi connectivity index (χ4v) is 1.79. The molecule has 0 aromatic carbocycles. The van der Waals surface area contributed by atoms with Crippen LogP contribution < -0.4 is 5.32 Å². The molecule has 6 nitrogen and oxygen atoms in total. The molecule has 23 heavy (non-hydrogen) atoms. The molecule has 11 heteroatoms. The molecule has 0 saturated heterocycles. The van der Waals surface area contributed by atoms with Crippen LogP contribution in [0.3, 0.4) is 0 Å². The number of amides is 1. The van der Waals surface area contributed by atoms with Gasteiger partial charge in [0, 0.05) is 0 Å². The number of carbonyl (C=O) groups is 1. The lowest BCUT2D eigenvalue weighted by Crippen LogP contribution is -2.21. The number of hydrogen-bond donors (Lipinski definition) is 1. The van der Waals surface area contributed by atoms with Crippen molar-refractivity contribution in [2.24, 2.45) is 0 Å². The van der Waals surface area contributed by atoms with Crippen LogP contribution in [0.5, 0.6) is 0 Å². The van der Waals surface area contributed by atoms with Gasteiger partial charge in [0.15, 0.2) is 5.69 Å². The molecule has 2 aromatic rings. The summed E-state index contributed by atoms with van der Waals surface area (Å²) >= 11 is 0. The number of anilines is 1. The van der Waals surface area contributed by atoms with Crippen molar-refractivity contribution in [2.45, 2.75) is 26.1 Å². The molecule has 1 amide bonds. The number of nitrogens with zero attached hydrogens (tertiary/aromatic N) is 4. The van der Waals surface area contributed by atoms with E-state index in [2.05, 4.69) is 20.6 Å². The second kappa shape index (κ2) is 6.26. The highest BCUT2D eigenvalue weighted by atomic mass is 19.4. The Labute approximate surface area is 126 Å². The summed E-state index contributed by atoms with van der Waals surface area (Å²) in [7, 11) is 0. The highest BCUT2D eigenvalue weighted by Gasteiger charge is 2.36. The Balaban J connectivity index is 2.26. The maximum absolute atomic E-state index is 12.8. The van der Waals surface area contributed by atoms with Crippen LogP contribution in [0.2, 0.25) is 0 Å². The van der Waals surface area contributed by atoms with Gasteiger partial charge in [-0.2, -0.15) is 23.4 Å². The number of carbonyl (C=O) groups excluding carboxylic acids is 1. The summed E-state index contributed by atoms with van der Waals surface area (Å²) in [5.41, 5.74) is -1.98. The van der Waals surface area contributed by atoms with Crippen LogP contribution in [0.25, 0.3) is 0 Å². The SMILES string of the molecule is Cc1c(NC(=O)c2nnccc2C(F)(F)F)cnn1CC(F)F. The average Bonchev–Trinajstić information content (AvgIpc) is 2.79. The molecule has 0 unspecified atom stereocenters. The molecular weight excluding hydrogens is 325 g/mol. The molecule has 0 aliphatic heterocycles. The largest absolute Gasteiger partial charge is 0.418 e. The summed E-state index contributed by atoms with van der Waals surface area (Å²) in [6, 6.07) is 0.620. The van der Waals surface area contributed by atoms with E-state index >= 15 is 0 Å². The predicted molar refractivity (Wildman–Crippen MR) is 68.0 cm³/mol. The Morgan fingerprint density at radius 3 is 2.70 bits per heavy atom. The second-order valence-electron chi connectivity index (χ2n) is 4.46. The van der Waals surface area contributed by atoms with Gasteiger partial charge in [-0.3, -0.25) is 9.48 Å². The molecular formula is C12H10F5N5O. The van der Waals surface area contributed by atoms with E-state index in [1.54, 1.807) is 0 Å². The van der Waals surface area contributed by atoms with Gasteiger partial charge in [-0.1, -0.05) is 0 Å². The van der Waals surface area contributed by atoms with Crippen molar-refractivity contribution >= 4 is 11.6 Å². The molecule has 1 N–H and O–H groups in total. The van der Waals surface area contributed by atoms with Gasteiger partial charge >= 0.3 is 6.18 Å². The van der Waals surface area contributed by atoms with Crippen molar-refractivity contribution in [3.8, 4) is 0 Å². The van der Waals surface area contributed by atoms with Gasteiger partial charge in [0.25, 0.3) is 12.3 Å². The van der Waals surface area contributed by atoms with E-state index in [0.29, 0.717) is 6.07 Å². The average molecular weight is 335 g/mol. The maximum atomic E-state index is 12.8. The maximum Gasteiger partial charge on any atom is 0.418 e. The van der Waals surface area contributed by atoms with Crippen molar-refractivity contribution in [2.75, 3.05) is 5.32 Å². The Hall–Kier alpha value is -2.59. The molecule has 0 radical (unpaired) electrons. The van der Waals surface area contributed by atoms with Crippen molar-refractivity contribution < 1.29 is 26.7 Å². The van der Waals surface area contributed by atoms with Crippen LogP contribution in [0.4, 0.5) is 27.6 Å². The summed E-state index contributed by atoms with van der Waals surface area (Å²) in [6.07, 6.45) is -5.56. The summed E-state index contributed by atoms with van der Waals surface area (Å²) in [4.78, 5) is 12.0. The minimum atomic E-state index is -4.78. The van der Waals surface area contributed by atoms with E-state index in [1.165, 1.54) is 6.92 Å². The normalized spacial score (nSPS) is 11.8. The van der Waals surface area contributed by atoms with E-state index in [1.807, 2.05) is 0 Å². The monoisotopic (exact) mass is 335 g/mol. The number of alkyl halides is 5. The van der Waals surface area contributed by atoms with Crippen LogP contribution in [0.15, 0.2) is 18.5 Å². The van der Waals surface area contributed by atoms with Crippen molar-refractivity contribution in [3.05, 3.63) is 35.4 Å². The second-order valence-corrected chi connectivity index (χ2v) is 4.46. The van der Waals surface area contributed by atoms with E-state index < -0.39 is 36.3 Å². The number of rotatable bonds is 4. The molecule has 2 heterocycles. The number of nitrogens with one attached hydrogen (secondary N) is 1. The highest BCUT2D eigenvalue weighted by Crippen LogP contribution is 2.31. The lowest BCUT2D eigenvalue weighted by molar-refractivity contribution is -0.138. The zero-order chi connectivity index (χ0) is 17.2. The zero-order valence-corrected chi connectivity index (χ0v) is 11.6. The first kappa shape index (κ1) is 16.8. The molecule has 0 spiro atoms. The minimum absolute atomic E-state index is 0.00873. The third-order valence-electron chi connectivity index (χ3n) is 2.90. The molecule has 0 atom stereocenters. The first-order valence-corrected chi connectivity index (χ1v) is 6.21. The summed E-state index contributed by atoms with van der Waals surface area (Å²) in [5, 5.41) is 12.3. The van der Waals surface area contributed by atoms with Crippen LogP contribution >= 0.6 is 0 Å². The van der Waals surface area contributed by atoms with Gasteiger partial charge < -0.3 is 5.32 Å². The Morgan fingerprint density at radius 2 is 2.09 bits per heavy atom. The Morgan fingerprint density at radius 1 is 1.39 bits per heavy atom. The predicted octanol–water partition coefficient (Wildman–Crippen LogP) is 2.52. The highest BCUT2D eigenvalue weighted by molar-refractivity contribution is 6.04. The third-order valence-corrected chi connectivity index (χ3v) is 2.90. The molecule has 0 aliphatic carbocycles. The van der Waals surface area contributed by atoms with Crippen LogP contribution in [-0.4, -0.2) is 32.3 Å². The minimum Gasteiger partial charge on any atom is -0.318 e. The van der Waals surface area contributed by atoms with Crippen molar-refractivity contribution in [1.82, 2.24) is 20.0 Å². The number of hydrogen-bond acceptors (Lipinski definition) is 4. The molecule has 0 fully saturated rings. The topological polar surface area (TPSA) is 72.7 Å². The van der Waals surface area contributed by atoms with Crippen molar-refractivity contribution in [1.29, 1.82) is 0 Å². The van der Waals surface area contributed by atoms with Crippen molar-refractivity contribution in [3.63, 3.8) is 0 Å². The standard InChI is InChI=1S/C12H10F5N5O/c1-6-8(4-19-22(6)5-9(13)14)20-11(23)10-7(12(15,16)17)2-3-18-21-10/h2-4,9H,5H2,1H3,(H,20,23). The van der Waals surface area contributed by atoms with Gasteiger partial charge in [-0.25, -0.2) is 8.78 Å². The first-order valence-electron chi connectivity index (χ1n) is 6.21. The summed E-state index contributed by atoms with van der Waals surface area (Å²) in [5.74, 6) is -1.16. The van der Waals surface area contributed by atoms with Gasteiger partial charge in [0.05, 0.1) is 29.3 Å². The molecule has 0 aliphatic rings. The fraction of sp³-hybridized carbons (Fsp3) is 0.333. The quantitative estimate of drug-likeness (QED) is 0.872. The Bertz CT molecular complexity index is 712. The molecule has 2 rings (SSSR count). The van der Waals surface area contributed by atoms with Gasteiger partial charge in [-0.05, 0) is 13.0 Å². The smallest absolute Gasteiger partial charge is 0.318 e. The molecule has 124 valence electrons. The van der Waals surface area contributed by atoms with Crippen LogP contribution in [0, 0.1) is 6.92 Å². The lowest BCUT2D eigenvalue weighted by Gasteiger charge is -2.11. The summed E-state index contributed by atoms with van der Waals surface area (Å²) in [6.45, 7) is 0.701. The molecule has 0 bridgehead atoms. The van der Waals surface area contributed by atoms with Gasteiger partial charge in [0.2, 0.25) is 0 Å². The third kappa shape index (κ3) is 3.79. The van der Waals surface area contributed by atoms with E-state index in [9.17, 15) is 26.7 Å². The molecule has 0 saturated carbocycles.